The predicted molar refractivity (Wildman–Crippen MR) is 110 cm³/mol. The number of amides is 1. The Kier molecular flexibility index (Phi) is 5.65. The normalized spacial score (nSPS) is 14.0. The molecule has 3 aromatic rings. The van der Waals surface area contributed by atoms with E-state index in [0.29, 0.717) is 38.6 Å². The minimum Gasteiger partial charge on any atom is -0.445 e. The highest BCUT2D eigenvalue weighted by atomic mass is 16.6. The van der Waals surface area contributed by atoms with Gasteiger partial charge in [0.1, 0.15) is 12.4 Å². The zero-order valence-corrected chi connectivity index (χ0v) is 16.4. The summed E-state index contributed by atoms with van der Waals surface area (Å²) in [5.41, 5.74) is 2.78. The van der Waals surface area contributed by atoms with Gasteiger partial charge < -0.3 is 14.5 Å². The standard InChI is InChI=1S/C22H23N5O2/c1-17-14-20(25-21(24-17)19-8-5-9-23-15-19)26-10-12-27(13-11-26)22(28)29-16-18-6-3-2-4-7-18/h2-9,14-15H,10-13,16H2,1H3. The fourth-order valence-electron chi connectivity index (χ4n) is 3.27. The number of ether oxygens (including phenoxy) is 1. The van der Waals surface area contributed by atoms with Gasteiger partial charge in [-0.05, 0) is 24.6 Å². The van der Waals surface area contributed by atoms with E-state index in [-0.39, 0.29) is 6.09 Å². The molecule has 0 radical (unpaired) electrons. The number of hydrogen-bond donors (Lipinski definition) is 0. The van der Waals surface area contributed by atoms with Crippen LogP contribution in [0.25, 0.3) is 11.4 Å². The van der Waals surface area contributed by atoms with Crippen LogP contribution in [-0.2, 0) is 11.3 Å². The molecule has 0 bridgehead atoms. The molecule has 0 N–H and O–H groups in total. The first kappa shape index (κ1) is 18.9. The number of rotatable bonds is 4. The monoisotopic (exact) mass is 389 g/mol. The summed E-state index contributed by atoms with van der Waals surface area (Å²) in [4.78, 5) is 29.7. The number of pyridine rings is 1. The number of benzene rings is 1. The van der Waals surface area contributed by atoms with Gasteiger partial charge in [0.2, 0.25) is 0 Å². The summed E-state index contributed by atoms with van der Waals surface area (Å²) in [6, 6.07) is 15.5. The number of aromatic nitrogens is 3. The summed E-state index contributed by atoms with van der Waals surface area (Å²) < 4.78 is 5.44. The quantitative estimate of drug-likeness (QED) is 0.682. The summed E-state index contributed by atoms with van der Waals surface area (Å²) in [5.74, 6) is 1.53. The smallest absolute Gasteiger partial charge is 0.410 e. The molecule has 7 heteroatoms. The lowest BCUT2D eigenvalue weighted by molar-refractivity contribution is 0.0941. The number of aryl methyl sites for hydroxylation is 1. The van der Waals surface area contributed by atoms with Crippen molar-refractivity contribution in [2.45, 2.75) is 13.5 Å². The van der Waals surface area contributed by atoms with E-state index >= 15 is 0 Å². The van der Waals surface area contributed by atoms with E-state index in [1.54, 1.807) is 17.3 Å². The highest BCUT2D eigenvalue weighted by molar-refractivity contribution is 5.68. The third kappa shape index (κ3) is 4.68. The molecule has 7 nitrogen and oxygen atoms in total. The maximum Gasteiger partial charge on any atom is 0.410 e. The van der Waals surface area contributed by atoms with Gasteiger partial charge in [-0.15, -0.1) is 0 Å². The lowest BCUT2D eigenvalue weighted by Gasteiger charge is -2.35. The summed E-state index contributed by atoms with van der Waals surface area (Å²) in [7, 11) is 0. The molecule has 1 aliphatic heterocycles. The van der Waals surface area contributed by atoms with Crippen LogP contribution in [0.3, 0.4) is 0 Å². The molecule has 0 spiro atoms. The lowest BCUT2D eigenvalue weighted by Crippen LogP contribution is -2.49. The van der Waals surface area contributed by atoms with Crippen LogP contribution < -0.4 is 4.90 Å². The van der Waals surface area contributed by atoms with Gasteiger partial charge in [0.25, 0.3) is 0 Å². The first-order chi connectivity index (χ1) is 14.2. The maximum atomic E-state index is 12.4. The second-order valence-corrected chi connectivity index (χ2v) is 6.95. The van der Waals surface area contributed by atoms with E-state index in [0.717, 1.165) is 22.6 Å². The van der Waals surface area contributed by atoms with Crippen molar-refractivity contribution in [3.63, 3.8) is 0 Å². The number of piperazine rings is 1. The summed E-state index contributed by atoms with van der Waals surface area (Å²) >= 11 is 0. The summed E-state index contributed by atoms with van der Waals surface area (Å²) in [5, 5.41) is 0. The highest BCUT2D eigenvalue weighted by Gasteiger charge is 2.23. The first-order valence-electron chi connectivity index (χ1n) is 9.66. The lowest BCUT2D eigenvalue weighted by atomic mass is 10.2. The molecule has 0 unspecified atom stereocenters. The highest BCUT2D eigenvalue weighted by Crippen LogP contribution is 2.20. The number of anilines is 1. The van der Waals surface area contributed by atoms with Crippen LogP contribution in [0.15, 0.2) is 60.9 Å². The van der Waals surface area contributed by atoms with Crippen molar-refractivity contribution in [2.75, 3.05) is 31.1 Å². The van der Waals surface area contributed by atoms with E-state index in [1.807, 2.05) is 55.5 Å². The Balaban J connectivity index is 1.37. The van der Waals surface area contributed by atoms with Crippen molar-refractivity contribution in [1.29, 1.82) is 0 Å². The molecule has 1 amide bonds. The Morgan fingerprint density at radius 1 is 1.03 bits per heavy atom. The van der Waals surface area contributed by atoms with Crippen LogP contribution in [0.4, 0.5) is 10.6 Å². The molecule has 4 rings (SSSR count). The summed E-state index contributed by atoms with van der Waals surface area (Å²) in [6.07, 6.45) is 3.22. The van der Waals surface area contributed by atoms with Gasteiger partial charge in [-0.1, -0.05) is 30.3 Å². The number of carbonyl (C=O) groups is 1. The Morgan fingerprint density at radius 2 is 1.83 bits per heavy atom. The van der Waals surface area contributed by atoms with Gasteiger partial charge in [-0.3, -0.25) is 4.98 Å². The van der Waals surface area contributed by atoms with Gasteiger partial charge in [-0.2, -0.15) is 0 Å². The molecular formula is C22H23N5O2. The molecule has 3 heterocycles. The molecule has 1 fully saturated rings. The van der Waals surface area contributed by atoms with Crippen LogP contribution in [-0.4, -0.2) is 52.1 Å². The molecule has 1 saturated heterocycles. The molecule has 1 aromatic carbocycles. The molecule has 29 heavy (non-hydrogen) atoms. The number of nitrogens with zero attached hydrogens (tertiary/aromatic N) is 5. The fraction of sp³-hybridized carbons (Fsp3) is 0.273. The van der Waals surface area contributed by atoms with Crippen molar-refractivity contribution in [3.8, 4) is 11.4 Å². The first-order valence-corrected chi connectivity index (χ1v) is 9.66. The van der Waals surface area contributed by atoms with Crippen LogP contribution in [0.2, 0.25) is 0 Å². The van der Waals surface area contributed by atoms with E-state index in [1.165, 1.54) is 0 Å². The zero-order chi connectivity index (χ0) is 20.1. The SMILES string of the molecule is Cc1cc(N2CCN(C(=O)OCc3ccccc3)CC2)nc(-c2cccnc2)n1. The van der Waals surface area contributed by atoms with Gasteiger partial charge in [0.15, 0.2) is 5.82 Å². The van der Waals surface area contributed by atoms with E-state index in [2.05, 4.69) is 14.9 Å². The number of carbonyl (C=O) groups excluding carboxylic acids is 1. The zero-order valence-electron chi connectivity index (χ0n) is 16.4. The van der Waals surface area contributed by atoms with E-state index < -0.39 is 0 Å². The Hall–Kier alpha value is -3.48. The molecule has 1 aliphatic rings. The van der Waals surface area contributed by atoms with Crippen molar-refractivity contribution < 1.29 is 9.53 Å². The average Bonchev–Trinajstić information content (AvgIpc) is 2.78. The van der Waals surface area contributed by atoms with Crippen molar-refractivity contribution in [3.05, 3.63) is 72.2 Å². The maximum absolute atomic E-state index is 12.4. The minimum absolute atomic E-state index is 0.275. The van der Waals surface area contributed by atoms with Gasteiger partial charge >= 0.3 is 6.09 Å². The second-order valence-electron chi connectivity index (χ2n) is 6.95. The Morgan fingerprint density at radius 3 is 2.55 bits per heavy atom. The Labute approximate surface area is 170 Å². The van der Waals surface area contributed by atoms with Crippen molar-refractivity contribution >= 4 is 11.9 Å². The molecule has 148 valence electrons. The van der Waals surface area contributed by atoms with E-state index in [4.69, 9.17) is 9.72 Å². The summed E-state index contributed by atoms with van der Waals surface area (Å²) in [6.45, 7) is 4.84. The van der Waals surface area contributed by atoms with Crippen LogP contribution in [0.1, 0.15) is 11.3 Å². The molecular weight excluding hydrogens is 366 g/mol. The van der Waals surface area contributed by atoms with E-state index in [9.17, 15) is 4.79 Å². The van der Waals surface area contributed by atoms with Gasteiger partial charge in [0, 0.05) is 55.9 Å². The Bertz CT molecular complexity index is 957. The van der Waals surface area contributed by atoms with Crippen molar-refractivity contribution in [1.82, 2.24) is 19.9 Å². The third-order valence-corrected chi connectivity index (χ3v) is 4.83. The van der Waals surface area contributed by atoms with Gasteiger partial charge in [0.05, 0.1) is 0 Å². The predicted octanol–water partition coefficient (Wildman–Crippen LogP) is 3.31. The molecule has 0 atom stereocenters. The third-order valence-electron chi connectivity index (χ3n) is 4.83. The molecule has 0 aliphatic carbocycles. The largest absolute Gasteiger partial charge is 0.445 e. The van der Waals surface area contributed by atoms with Gasteiger partial charge in [-0.25, -0.2) is 14.8 Å². The fourth-order valence-corrected chi connectivity index (χ4v) is 3.27. The molecule has 0 saturated carbocycles. The van der Waals surface area contributed by atoms with Crippen LogP contribution in [0, 0.1) is 6.92 Å². The van der Waals surface area contributed by atoms with Crippen LogP contribution in [0.5, 0.6) is 0 Å². The topological polar surface area (TPSA) is 71.5 Å². The van der Waals surface area contributed by atoms with Crippen LogP contribution >= 0.6 is 0 Å². The number of hydrogen-bond acceptors (Lipinski definition) is 6. The van der Waals surface area contributed by atoms with Crippen molar-refractivity contribution in [2.24, 2.45) is 0 Å². The minimum atomic E-state index is -0.275. The average molecular weight is 389 g/mol. The second kappa shape index (κ2) is 8.68. The molecule has 2 aromatic heterocycles.